The molecule has 15 heavy (non-hydrogen) atoms. The normalized spacial score (nSPS) is 29.9. The van der Waals surface area contributed by atoms with E-state index in [2.05, 4.69) is 12.2 Å². The molecular formula is C11H14FNOS. The fraction of sp³-hybridized carbons (Fsp3) is 0.455. The summed E-state index contributed by atoms with van der Waals surface area (Å²) in [5.41, 5.74) is 0.969. The zero-order chi connectivity index (χ0) is 11.0. The average molecular weight is 227 g/mol. The maximum absolute atomic E-state index is 13.0. The van der Waals surface area contributed by atoms with Gasteiger partial charge in [-0.25, -0.2) is 4.39 Å². The van der Waals surface area contributed by atoms with Crippen molar-refractivity contribution in [2.75, 3.05) is 12.8 Å². The van der Waals surface area contributed by atoms with E-state index in [4.69, 9.17) is 0 Å². The second kappa shape index (κ2) is 4.02. The molecule has 0 fully saturated rings. The van der Waals surface area contributed by atoms with Gasteiger partial charge in [-0.05, 0) is 30.7 Å². The van der Waals surface area contributed by atoms with Crippen molar-refractivity contribution in [3.8, 4) is 0 Å². The zero-order valence-electron chi connectivity index (χ0n) is 8.79. The molecule has 1 aromatic carbocycles. The molecule has 1 heterocycles. The number of hydrogen-bond donors (Lipinski definition) is 1. The number of nitrogens with one attached hydrogen (secondary N) is 1. The number of rotatable bonds is 1. The molecule has 2 nitrogen and oxygen atoms in total. The number of halogens is 1. The Morgan fingerprint density at radius 3 is 2.93 bits per heavy atom. The molecule has 3 atom stereocenters. The monoisotopic (exact) mass is 227 g/mol. The third-order valence-corrected chi connectivity index (χ3v) is 4.52. The van der Waals surface area contributed by atoms with Gasteiger partial charge in [0.1, 0.15) is 5.82 Å². The topological polar surface area (TPSA) is 29.1 Å². The molecule has 82 valence electrons. The van der Waals surface area contributed by atoms with Crippen LogP contribution in [-0.2, 0) is 10.8 Å². The number of benzene rings is 1. The van der Waals surface area contributed by atoms with Gasteiger partial charge < -0.3 is 5.32 Å². The van der Waals surface area contributed by atoms with Crippen molar-refractivity contribution in [2.45, 2.75) is 17.9 Å². The van der Waals surface area contributed by atoms with Crippen molar-refractivity contribution in [1.82, 2.24) is 5.32 Å². The Labute approximate surface area is 91.3 Å². The largest absolute Gasteiger partial charge is 0.313 e. The Bertz CT molecular complexity index is 408. The summed E-state index contributed by atoms with van der Waals surface area (Å²) >= 11 is 0. The van der Waals surface area contributed by atoms with E-state index >= 15 is 0 Å². The Morgan fingerprint density at radius 2 is 2.27 bits per heavy atom. The van der Waals surface area contributed by atoms with E-state index in [1.54, 1.807) is 6.07 Å². The van der Waals surface area contributed by atoms with Crippen LogP contribution < -0.4 is 5.32 Å². The minimum atomic E-state index is -1.06. The van der Waals surface area contributed by atoms with Gasteiger partial charge in [0.2, 0.25) is 0 Å². The molecule has 1 aliphatic heterocycles. The Balaban J connectivity index is 2.53. The minimum Gasteiger partial charge on any atom is -0.313 e. The van der Waals surface area contributed by atoms with Gasteiger partial charge in [0.25, 0.3) is 0 Å². The molecule has 0 saturated carbocycles. The van der Waals surface area contributed by atoms with E-state index in [0.29, 0.717) is 16.6 Å². The summed E-state index contributed by atoms with van der Waals surface area (Å²) in [6, 6.07) is 4.73. The summed E-state index contributed by atoms with van der Waals surface area (Å²) in [5.74, 6) is 0.599. The highest BCUT2D eigenvalue weighted by atomic mass is 32.2. The van der Waals surface area contributed by atoms with Crippen LogP contribution >= 0.6 is 0 Å². The first kappa shape index (κ1) is 10.8. The van der Waals surface area contributed by atoms with Crippen LogP contribution in [0.2, 0.25) is 0 Å². The van der Waals surface area contributed by atoms with Gasteiger partial charge in [0, 0.05) is 16.7 Å². The van der Waals surface area contributed by atoms with Crippen LogP contribution in [0.5, 0.6) is 0 Å². The van der Waals surface area contributed by atoms with E-state index in [9.17, 15) is 8.60 Å². The highest BCUT2D eigenvalue weighted by Gasteiger charge is 2.29. The van der Waals surface area contributed by atoms with Crippen molar-refractivity contribution in [2.24, 2.45) is 5.92 Å². The van der Waals surface area contributed by atoms with Crippen molar-refractivity contribution in [3.63, 3.8) is 0 Å². The summed E-state index contributed by atoms with van der Waals surface area (Å²) < 4.78 is 24.9. The van der Waals surface area contributed by atoms with Crippen molar-refractivity contribution in [1.29, 1.82) is 0 Å². The van der Waals surface area contributed by atoms with Crippen LogP contribution in [0.4, 0.5) is 4.39 Å². The van der Waals surface area contributed by atoms with Gasteiger partial charge in [-0.2, -0.15) is 0 Å². The van der Waals surface area contributed by atoms with Crippen LogP contribution in [0.1, 0.15) is 18.5 Å². The highest BCUT2D eigenvalue weighted by molar-refractivity contribution is 7.85. The van der Waals surface area contributed by atoms with Gasteiger partial charge in [-0.1, -0.05) is 13.0 Å². The predicted molar refractivity (Wildman–Crippen MR) is 58.6 cm³/mol. The fourth-order valence-electron chi connectivity index (χ4n) is 2.13. The second-order valence-electron chi connectivity index (χ2n) is 3.94. The maximum Gasteiger partial charge on any atom is 0.124 e. The third kappa shape index (κ3) is 1.84. The summed E-state index contributed by atoms with van der Waals surface area (Å²) in [6.45, 7) is 2.06. The van der Waals surface area contributed by atoms with Crippen molar-refractivity contribution < 1.29 is 8.60 Å². The summed E-state index contributed by atoms with van der Waals surface area (Å²) in [4.78, 5) is 0.646. The van der Waals surface area contributed by atoms with E-state index in [1.807, 2.05) is 7.05 Å². The van der Waals surface area contributed by atoms with Gasteiger partial charge in [0.05, 0.1) is 10.8 Å². The van der Waals surface area contributed by atoms with E-state index < -0.39 is 10.8 Å². The molecular weight excluding hydrogens is 213 g/mol. The molecule has 0 amide bonds. The van der Waals surface area contributed by atoms with Crippen molar-refractivity contribution >= 4 is 10.8 Å². The molecule has 1 aliphatic rings. The zero-order valence-corrected chi connectivity index (χ0v) is 9.60. The number of hydrogen-bond acceptors (Lipinski definition) is 2. The SMILES string of the molecule is CNC1c2ccc(F)cc2S(=O)CC1C. The highest BCUT2D eigenvalue weighted by Crippen LogP contribution is 2.33. The first-order valence-electron chi connectivity index (χ1n) is 4.98. The lowest BCUT2D eigenvalue weighted by atomic mass is 9.95. The predicted octanol–water partition coefficient (Wildman–Crippen LogP) is 1.84. The molecule has 0 aromatic heterocycles. The molecule has 1 N–H and O–H groups in total. The average Bonchev–Trinajstić information content (AvgIpc) is 2.19. The Kier molecular flexibility index (Phi) is 2.89. The molecule has 0 saturated heterocycles. The standard InChI is InChI=1S/C11H14FNOS/c1-7-6-15(14)10-5-8(12)3-4-9(10)11(7)13-2/h3-5,7,11,13H,6H2,1-2H3. The number of fused-ring (bicyclic) bond motifs is 1. The molecule has 4 heteroatoms. The van der Waals surface area contributed by atoms with Crippen molar-refractivity contribution in [3.05, 3.63) is 29.6 Å². The lowest BCUT2D eigenvalue weighted by molar-refractivity contribution is 0.429. The summed E-state index contributed by atoms with van der Waals surface area (Å²) in [7, 11) is 0.820. The molecule has 0 radical (unpaired) electrons. The van der Waals surface area contributed by atoms with E-state index in [-0.39, 0.29) is 11.9 Å². The first-order valence-corrected chi connectivity index (χ1v) is 6.30. The van der Waals surface area contributed by atoms with E-state index in [0.717, 1.165) is 5.56 Å². The van der Waals surface area contributed by atoms with Crippen LogP contribution in [0.25, 0.3) is 0 Å². The fourth-order valence-corrected chi connectivity index (χ4v) is 3.69. The van der Waals surface area contributed by atoms with E-state index in [1.165, 1.54) is 12.1 Å². The van der Waals surface area contributed by atoms with Crippen LogP contribution in [0.3, 0.4) is 0 Å². The van der Waals surface area contributed by atoms with Gasteiger partial charge in [-0.15, -0.1) is 0 Å². The maximum atomic E-state index is 13.0. The molecule has 0 spiro atoms. The quantitative estimate of drug-likeness (QED) is 0.793. The second-order valence-corrected chi connectivity index (χ2v) is 5.40. The van der Waals surface area contributed by atoms with Crippen LogP contribution in [-0.4, -0.2) is 17.0 Å². The smallest absolute Gasteiger partial charge is 0.124 e. The molecule has 0 bridgehead atoms. The molecule has 1 aromatic rings. The minimum absolute atomic E-state index is 0.179. The Hall–Kier alpha value is -0.740. The van der Waals surface area contributed by atoms with Gasteiger partial charge in [-0.3, -0.25) is 4.21 Å². The van der Waals surface area contributed by atoms with Crippen LogP contribution in [0.15, 0.2) is 23.1 Å². The summed E-state index contributed by atoms with van der Waals surface area (Å²) in [5, 5.41) is 3.19. The van der Waals surface area contributed by atoms with Crippen LogP contribution in [0, 0.1) is 11.7 Å². The Morgan fingerprint density at radius 1 is 1.53 bits per heavy atom. The third-order valence-electron chi connectivity index (χ3n) is 2.85. The van der Waals surface area contributed by atoms with Gasteiger partial charge >= 0.3 is 0 Å². The lowest BCUT2D eigenvalue weighted by Gasteiger charge is -2.30. The molecule has 3 unspecified atom stereocenters. The lowest BCUT2D eigenvalue weighted by Crippen LogP contribution is -2.32. The summed E-state index contributed by atoms with van der Waals surface area (Å²) in [6.07, 6.45) is 0. The van der Waals surface area contributed by atoms with Gasteiger partial charge in [0.15, 0.2) is 0 Å². The first-order chi connectivity index (χ1) is 7.13. The molecule has 2 rings (SSSR count). The molecule has 0 aliphatic carbocycles.